The van der Waals surface area contributed by atoms with Crippen LogP contribution in [0.3, 0.4) is 0 Å². The second-order valence-corrected chi connectivity index (χ2v) is 9.42. The third kappa shape index (κ3) is 4.02. The number of nitrogens with zero attached hydrogens (tertiary/aromatic N) is 1. The molecule has 2 aromatic rings. The first-order valence-electron chi connectivity index (χ1n) is 7.21. The van der Waals surface area contributed by atoms with Crippen LogP contribution in [0.4, 0.5) is 0 Å². The van der Waals surface area contributed by atoms with E-state index in [2.05, 4.69) is 4.72 Å². The summed E-state index contributed by atoms with van der Waals surface area (Å²) in [6, 6.07) is 12.8. The number of aryl methyl sites for hydroxylation is 1. The summed E-state index contributed by atoms with van der Waals surface area (Å²) in [6.45, 7) is 1.76. The summed E-state index contributed by atoms with van der Waals surface area (Å²) < 4.78 is 52.9. The fourth-order valence-electron chi connectivity index (χ4n) is 2.07. The minimum Gasteiger partial charge on any atom is -0.207 e. The van der Waals surface area contributed by atoms with E-state index < -0.39 is 20.0 Å². The monoisotopic (exact) mass is 368 g/mol. The first-order valence-corrected chi connectivity index (χ1v) is 10.1. The molecule has 0 atom stereocenters. The first-order chi connectivity index (χ1) is 11.1. The Hall–Kier alpha value is -1.74. The Balaban J connectivity index is 2.29. The van der Waals surface area contributed by atoms with Gasteiger partial charge in [0.15, 0.2) is 0 Å². The van der Waals surface area contributed by atoms with Crippen LogP contribution in [0.5, 0.6) is 0 Å². The molecule has 0 radical (unpaired) electrons. The maximum atomic E-state index is 12.3. The van der Waals surface area contributed by atoms with Crippen molar-refractivity contribution in [3.8, 4) is 0 Å². The molecular weight excluding hydrogens is 348 g/mol. The van der Waals surface area contributed by atoms with E-state index in [4.69, 9.17) is 0 Å². The van der Waals surface area contributed by atoms with E-state index in [0.29, 0.717) is 5.56 Å². The van der Waals surface area contributed by atoms with Crippen LogP contribution in [0.15, 0.2) is 58.3 Å². The van der Waals surface area contributed by atoms with Gasteiger partial charge in [0, 0.05) is 20.6 Å². The molecule has 130 valence electrons. The number of benzene rings is 2. The summed E-state index contributed by atoms with van der Waals surface area (Å²) in [5.41, 5.74) is 1.35. The van der Waals surface area contributed by atoms with Crippen molar-refractivity contribution < 1.29 is 16.8 Å². The maximum Gasteiger partial charge on any atom is 0.242 e. The van der Waals surface area contributed by atoms with Crippen LogP contribution in [0.2, 0.25) is 0 Å². The van der Waals surface area contributed by atoms with Crippen molar-refractivity contribution in [2.75, 3.05) is 14.1 Å². The zero-order chi connectivity index (χ0) is 18.0. The van der Waals surface area contributed by atoms with Gasteiger partial charge >= 0.3 is 0 Å². The van der Waals surface area contributed by atoms with Gasteiger partial charge < -0.3 is 0 Å². The second kappa shape index (κ2) is 7.02. The average molecular weight is 368 g/mol. The Labute approximate surface area is 143 Å². The molecule has 1 N–H and O–H groups in total. The largest absolute Gasteiger partial charge is 0.242 e. The van der Waals surface area contributed by atoms with Crippen LogP contribution in [-0.2, 0) is 26.6 Å². The Kier molecular flexibility index (Phi) is 5.44. The number of sulfonamides is 2. The quantitative estimate of drug-likeness (QED) is 0.842. The molecule has 0 spiro atoms. The number of hydrogen-bond donors (Lipinski definition) is 1. The zero-order valence-electron chi connectivity index (χ0n) is 13.7. The van der Waals surface area contributed by atoms with E-state index in [1.54, 1.807) is 30.3 Å². The van der Waals surface area contributed by atoms with E-state index in [9.17, 15) is 16.8 Å². The molecule has 2 aromatic carbocycles. The van der Waals surface area contributed by atoms with Crippen LogP contribution in [0.25, 0.3) is 0 Å². The average Bonchev–Trinajstić information content (AvgIpc) is 2.53. The van der Waals surface area contributed by atoms with E-state index >= 15 is 0 Å². The second-order valence-electron chi connectivity index (χ2n) is 5.53. The van der Waals surface area contributed by atoms with Crippen LogP contribution >= 0.6 is 0 Å². The molecule has 2 rings (SSSR count). The van der Waals surface area contributed by atoms with Gasteiger partial charge in [-0.25, -0.2) is 25.9 Å². The van der Waals surface area contributed by atoms with Gasteiger partial charge in [0.05, 0.1) is 9.79 Å². The van der Waals surface area contributed by atoms with E-state index in [1.807, 2.05) is 6.92 Å². The van der Waals surface area contributed by atoms with Gasteiger partial charge in [0.1, 0.15) is 0 Å². The lowest BCUT2D eigenvalue weighted by Crippen LogP contribution is -2.27. The van der Waals surface area contributed by atoms with Crippen LogP contribution < -0.4 is 4.72 Å². The van der Waals surface area contributed by atoms with E-state index in [-0.39, 0.29) is 16.3 Å². The standard InChI is InChI=1S/C16H20N2O4S2/c1-13-8-10-15(11-9-13)23(19,20)17-12-14-6-4-5-7-16(14)24(21,22)18(2)3/h4-11,17H,12H2,1-3H3. The van der Waals surface area contributed by atoms with Crippen LogP contribution in [-0.4, -0.2) is 35.2 Å². The van der Waals surface area contributed by atoms with Gasteiger partial charge in [-0.1, -0.05) is 35.9 Å². The van der Waals surface area contributed by atoms with Gasteiger partial charge in [0.25, 0.3) is 0 Å². The summed E-state index contributed by atoms with van der Waals surface area (Å²) in [4.78, 5) is 0.225. The molecule has 0 aliphatic rings. The van der Waals surface area contributed by atoms with Crippen LogP contribution in [0.1, 0.15) is 11.1 Å². The van der Waals surface area contributed by atoms with Gasteiger partial charge in [-0.05, 0) is 30.7 Å². The van der Waals surface area contributed by atoms with Crippen molar-refractivity contribution in [3.63, 3.8) is 0 Å². The molecule has 0 bridgehead atoms. The molecule has 0 unspecified atom stereocenters. The molecule has 0 aromatic heterocycles. The summed E-state index contributed by atoms with van der Waals surface area (Å²) in [5, 5.41) is 0. The predicted molar refractivity (Wildman–Crippen MR) is 92.5 cm³/mol. The van der Waals surface area contributed by atoms with Gasteiger partial charge in [-0.2, -0.15) is 0 Å². The Morgan fingerprint density at radius 2 is 1.50 bits per heavy atom. The molecule has 0 amide bonds. The molecule has 0 fully saturated rings. The molecule has 0 aliphatic carbocycles. The lowest BCUT2D eigenvalue weighted by atomic mass is 10.2. The number of rotatable bonds is 6. The highest BCUT2D eigenvalue weighted by Crippen LogP contribution is 2.19. The Bertz CT molecular complexity index is 919. The van der Waals surface area contributed by atoms with Gasteiger partial charge in [0.2, 0.25) is 20.0 Å². The summed E-state index contributed by atoms with van der Waals surface area (Å²) in [5.74, 6) is 0. The highest BCUT2D eigenvalue weighted by molar-refractivity contribution is 7.89. The Morgan fingerprint density at radius 1 is 0.917 bits per heavy atom. The number of hydrogen-bond acceptors (Lipinski definition) is 4. The summed E-state index contributed by atoms with van der Waals surface area (Å²) in [7, 11) is -4.50. The normalized spacial score (nSPS) is 12.5. The Morgan fingerprint density at radius 3 is 2.08 bits per heavy atom. The summed E-state index contributed by atoms with van der Waals surface area (Å²) in [6.07, 6.45) is 0. The number of nitrogens with one attached hydrogen (secondary N) is 1. The fourth-order valence-corrected chi connectivity index (χ4v) is 4.19. The maximum absolute atomic E-state index is 12.3. The molecule has 0 heterocycles. The highest BCUT2D eigenvalue weighted by Gasteiger charge is 2.22. The lowest BCUT2D eigenvalue weighted by Gasteiger charge is -2.15. The molecule has 0 saturated carbocycles. The SMILES string of the molecule is Cc1ccc(S(=O)(=O)NCc2ccccc2S(=O)(=O)N(C)C)cc1. The highest BCUT2D eigenvalue weighted by atomic mass is 32.2. The fraction of sp³-hybridized carbons (Fsp3) is 0.250. The minimum absolute atomic E-state index is 0.0848. The van der Waals surface area contributed by atoms with E-state index in [0.717, 1.165) is 9.87 Å². The van der Waals surface area contributed by atoms with Gasteiger partial charge in [-0.15, -0.1) is 0 Å². The van der Waals surface area contributed by atoms with Crippen molar-refractivity contribution in [3.05, 3.63) is 59.7 Å². The summed E-state index contributed by atoms with van der Waals surface area (Å²) >= 11 is 0. The molecule has 24 heavy (non-hydrogen) atoms. The van der Waals surface area contributed by atoms with E-state index in [1.165, 1.54) is 32.3 Å². The predicted octanol–water partition coefficient (Wildman–Crippen LogP) is 1.72. The van der Waals surface area contributed by atoms with Crippen molar-refractivity contribution >= 4 is 20.0 Å². The first kappa shape index (κ1) is 18.6. The molecular formula is C16H20N2O4S2. The van der Waals surface area contributed by atoms with Crippen molar-refractivity contribution in [2.24, 2.45) is 0 Å². The third-order valence-electron chi connectivity index (χ3n) is 3.52. The lowest BCUT2D eigenvalue weighted by molar-refractivity contribution is 0.519. The zero-order valence-corrected chi connectivity index (χ0v) is 15.4. The van der Waals surface area contributed by atoms with Crippen molar-refractivity contribution in [1.82, 2.24) is 9.03 Å². The van der Waals surface area contributed by atoms with Crippen molar-refractivity contribution in [1.29, 1.82) is 0 Å². The molecule has 6 nitrogen and oxygen atoms in total. The molecule has 0 aliphatic heterocycles. The third-order valence-corrected chi connectivity index (χ3v) is 6.85. The molecule has 0 saturated heterocycles. The van der Waals surface area contributed by atoms with Crippen molar-refractivity contribution in [2.45, 2.75) is 23.3 Å². The van der Waals surface area contributed by atoms with Crippen LogP contribution in [0, 0.1) is 6.92 Å². The van der Waals surface area contributed by atoms with Gasteiger partial charge in [-0.3, -0.25) is 0 Å². The smallest absolute Gasteiger partial charge is 0.207 e. The molecule has 8 heteroatoms. The minimum atomic E-state index is -3.72. The topological polar surface area (TPSA) is 83.5 Å².